The predicted molar refractivity (Wildman–Crippen MR) is 87.0 cm³/mol. The number of rotatable bonds is 2. The van der Waals surface area contributed by atoms with Crippen molar-refractivity contribution in [1.82, 2.24) is 0 Å². The number of phenols is 2. The lowest BCUT2D eigenvalue weighted by Crippen LogP contribution is -2.03. The lowest BCUT2D eigenvalue weighted by atomic mass is 10.0. The quantitative estimate of drug-likeness (QED) is 0.671. The standard InChI is InChI=1S/C18H16O5/c1-9(2)10-3-5-11(6-4-10)18-17(22)16(21)15-13(20)7-12(19)8-14(15)23-18/h3-9,19-20,22H,1-2H3. The Bertz CT molecular complexity index is 936. The third kappa shape index (κ3) is 2.50. The Morgan fingerprint density at radius 3 is 2.26 bits per heavy atom. The van der Waals surface area contributed by atoms with E-state index in [0.29, 0.717) is 11.5 Å². The summed E-state index contributed by atoms with van der Waals surface area (Å²) in [4.78, 5) is 12.3. The first-order valence-corrected chi connectivity index (χ1v) is 7.20. The van der Waals surface area contributed by atoms with Crippen molar-refractivity contribution < 1.29 is 19.7 Å². The molecule has 5 nitrogen and oxygen atoms in total. The fraction of sp³-hybridized carbons (Fsp3) is 0.167. The van der Waals surface area contributed by atoms with Crippen molar-refractivity contribution in [3.05, 3.63) is 52.2 Å². The van der Waals surface area contributed by atoms with Crippen LogP contribution in [0.3, 0.4) is 0 Å². The van der Waals surface area contributed by atoms with E-state index in [-0.39, 0.29) is 22.5 Å². The molecule has 0 bridgehead atoms. The molecule has 118 valence electrons. The third-order valence-electron chi connectivity index (χ3n) is 3.77. The van der Waals surface area contributed by atoms with E-state index in [0.717, 1.165) is 11.6 Å². The first-order chi connectivity index (χ1) is 10.9. The Balaban J connectivity index is 2.26. The number of phenolic OH excluding ortho intramolecular Hbond substituents is 2. The molecule has 0 aliphatic carbocycles. The minimum absolute atomic E-state index is 0.00260. The molecule has 23 heavy (non-hydrogen) atoms. The van der Waals surface area contributed by atoms with Crippen LogP contribution in [0.25, 0.3) is 22.3 Å². The molecule has 0 fully saturated rings. The van der Waals surface area contributed by atoms with Crippen molar-refractivity contribution in [1.29, 1.82) is 0 Å². The van der Waals surface area contributed by atoms with E-state index < -0.39 is 16.9 Å². The molecule has 1 heterocycles. The van der Waals surface area contributed by atoms with Crippen LogP contribution in [0.4, 0.5) is 0 Å². The van der Waals surface area contributed by atoms with Crippen LogP contribution in [0, 0.1) is 0 Å². The van der Waals surface area contributed by atoms with Crippen LogP contribution in [-0.2, 0) is 0 Å². The van der Waals surface area contributed by atoms with Crippen LogP contribution < -0.4 is 5.43 Å². The molecule has 0 saturated heterocycles. The average Bonchev–Trinajstić information content (AvgIpc) is 2.50. The monoisotopic (exact) mass is 312 g/mol. The summed E-state index contributed by atoms with van der Waals surface area (Å²) in [6, 6.07) is 9.54. The van der Waals surface area contributed by atoms with Gasteiger partial charge in [0, 0.05) is 17.7 Å². The number of hydrogen-bond donors (Lipinski definition) is 3. The highest BCUT2D eigenvalue weighted by atomic mass is 16.4. The van der Waals surface area contributed by atoms with Gasteiger partial charge in [-0.1, -0.05) is 38.1 Å². The van der Waals surface area contributed by atoms with Crippen molar-refractivity contribution >= 4 is 11.0 Å². The Kier molecular flexibility index (Phi) is 3.48. The Labute approximate surface area is 132 Å². The Morgan fingerprint density at radius 1 is 1.00 bits per heavy atom. The number of aromatic hydroxyl groups is 3. The topological polar surface area (TPSA) is 90.9 Å². The summed E-state index contributed by atoms with van der Waals surface area (Å²) in [6.07, 6.45) is 0. The molecule has 0 aliphatic heterocycles. The molecule has 3 aromatic rings. The van der Waals surface area contributed by atoms with Gasteiger partial charge in [0.25, 0.3) is 0 Å². The second-order valence-electron chi connectivity index (χ2n) is 5.72. The summed E-state index contributed by atoms with van der Waals surface area (Å²) in [7, 11) is 0. The smallest absolute Gasteiger partial charge is 0.238 e. The van der Waals surface area contributed by atoms with Gasteiger partial charge in [-0.3, -0.25) is 4.79 Å². The highest BCUT2D eigenvalue weighted by Gasteiger charge is 2.18. The van der Waals surface area contributed by atoms with Gasteiger partial charge < -0.3 is 19.7 Å². The fourth-order valence-electron chi connectivity index (χ4n) is 2.49. The second kappa shape index (κ2) is 5.35. The first kappa shape index (κ1) is 15.0. The van der Waals surface area contributed by atoms with Crippen molar-refractivity contribution in [3.8, 4) is 28.6 Å². The molecule has 0 saturated carbocycles. The highest BCUT2D eigenvalue weighted by Crippen LogP contribution is 2.35. The van der Waals surface area contributed by atoms with Crippen molar-refractivity contribution in [2.75, 3.05) is 0 Å². The molecule has 3 rings (SSSR count). The summed E-state index contributed by atoms with van der Waals surface area (Å²) in [5, 5.41) is 29.3. The SMILES string of the molecule is CC(C)c1ccc(-c2oc3cc(O)cc(O)c3c(=O)c2O)cc1. The molecule has 0 aliphatic rings. The van der Waals surface area contributed by atoms with Gasteiger partial charge in [-0.25, -0.2) is 0 Å². The van der Waals surface area contributed by atoms with Gasteiger partial charge in [-0.05, 0) is 11.5 Å². The molecule has 3 N–H and O–H groups in total. The minimum atomic E-state index is -0.744. The normalized spacial score (nSPS) is 11.3. The van der Waals surface area contributed by atoms with Crippen molar-refractivity contribution in [2.24, 2.45) is 0 Å². The van der Waals surface area contributed by atoms with Crippen LogP contribution in [0.2, 0.25) is 0 Å². The third-order valence-corrected chi connectivity index (χ3v) is 3.77. The minimum Gasteiger partial charge on any atom is -0.508 e. The van der Waals surface area contributed by atoms with Gasteiger partial charge in [0.1, 0.15) is 22.5 Å². The van der Waals surface area contributed by atoms with E-state index in [2.05, 4.69) is 13.8 Å². The van der Waals surface area contributed by atoms with Crippen molar-refractivity contribution in [3.63, 3.8) is 0 Å². The molecule has 5 heteroatoms. The van der Waals surface area contributed by atoms with Crippen LogP contribution in [0.15, 0.2) is 45.6 Å². The van der Waals surface area contributed by atoms with Crippen LogP contribution in [-0.4, -0.2) is 15.3 Å². The van der Waals surface area contributed by atoms with E-state index in [9.17, 15) is 20.1 Å². The van der Waals surface area contributed by atoms with E-state index in [1.54, 1.807) is 12.1 Å². The molecular weight excluding hydrogens is 296 g/mol. The van der Waals surface area contributed by atoms with Crippen molar-refractivity contribution in [2.45, 2.75) is 19.8 Å². The summed E-state index contributed by atoms with van der Waals surface area (Å²) < 4.78 is 5.55. The highest BCUT2D eigenvalue weighted by molar-refractivity contribution is 5.88. The number of hydrogen-bond acceptors (Lipinski definition) is 5. The first-order valence-electron chi connectivity index (χ1n) is 7.20. The molecule has 0 radical (unpaired) electrons. The van der Waals surface area contributed by atoms with E-state index >= 15 is 0 Å². The molecule has 1 aromatic heterocycles. The van der Waals surface area contributed by atoms with Gasteiger partial charge in [0.15, 0.2) is 5.76 Å². The largest absolute Gasteiger partial charge is 0.508 e. The lowest BCUT2D eigenvalue weighted by molar-refractivity contribution is 0.438. The molecule has 0 atom stereocenters. The van der Waals surface area contributed by atoms with Crippen LogP contribution >= 0.6 is 0 Å². The van der Waals surface area contributed by atoms with Crippen LogP contribution in [0.5, 0.6) is 17.2 Å². The summed E-state index contributed by atoms with van der Waals surface area (Å²) >= 11 is 0. The predicted octanol–water partition coefficient (Wildman–Crippen LogP) is 3.70. The zero-order valence-electron chi connectivity index (χ0n) is 12.7. The van der Waals surface area contributed by atoms with E-state index in [1.165, 1.54) is 6.07 Å². The second-order valence-corrected chi connectivity index (χ2v) is 5.72. The van der Waals surface area contributed by atoms with Gasteiger partial charge in [0.2, 0.25) is 11.2 Å². The zero-order chi connectivity index (χ0) is 16.7. The van der Waals surface area contributed by atoms with Gasteiger partial charge in [-0.2, -0.15) is 0 Å². The molecular formula is C18H16O5. The van der Waals surface area contributed by atoms with Gasteiger partial charge in [0.05, 0.1) is 0 Å². The van der Waals surface area contributed by atoms with Crippen LogP contribution in [0.1, 0.15) is 25.3 Å². The number of fused-ring (bicyclic) bond motifs is 1. The zero-order valence-corrected chi connectivity index (χ0v) is 12.7. The molecule has 0 spiro atoms. The van der Waals surface area contributed by atoms with Gasteiger partial charge >= 0.3 is 0 Å². The summed E-state index contributed by atoms with van der Waals surface area (Å²) in [5.41, 5.74) is 0.917. The Hall–Kier alpha value is -2.95. The maximum Gasteiger partial charge on any atom is 0.238 e. The van der Waals surface area contributed by atoms with E-state index in [4.69, 9.17) is 4.42 Å². The fourth-order valence-corrected chi connectivity index (χ4v) is 2.49. The average molecular weight is 312 g/mol. The molecule has 0 unspecified atom stereocenters. The maximum absolute atomic E-state index is 12.3. The Morgan fingerprint density at radius 2 is 1.65 bits per heavy atom. The maximum atomic E-state index is 12.3. The van der Waals surface area contributed by atoms with E-state index in [1.807, 2.05) is 12.1 Å². The summed E-state index contributed by atoms with van der Waals surface area (Å²) in [5.74, 6) is -0.885. The number of benzene rings is 2. The van der Waals surface area contributed by atoms with Gasteiger partial charge in [-0.15, -0.1) is 0 Å². The summed E-state index contributed by atoms with van der Waals surface area (Å²) in [6.45, 7) is 4.13. The molecule has 0 amide bonds. The molecule has 2 aromatic carbocycles. The lowest BCUT2D eigenvalue weighted by Gasteiger charge is -2.09.